The first-order chi connectivity index (χ1) is 14.3. The lowest BCUT2D eigenvalue weighted by Gasteiger charge is -2.12. The second kappa shape index (κ2) is 11.1. The van der Waals surface area contributed by atoms with E-state index in [2.05, 4.69) is 21.5 Å². The maximum Gasteiger partial charge on any atom is 0.257 e. The average Bonchev–Trinajstić information content (AvgIpc) is 2.74. The Hall–Kier alpha value is -3.17. The van der Waals surface area contributed by atoms with Gasteiger partial charge in [0.1, 0.15) is 5.75 Å². The average molecular weight is 449 g/mol. The van der Waals surface area contributed by atoms with Crippen LogP contribution in [0.4, 0.5) is 5.69 Å². The molecule has 2 aromatic rings. The summed E-state index contributed by atoms with van der Waals surface area (Å²) in [7, 11) is 1.53. The molecule has 0 saturated heterocycles. The lowest BCUT2D eigenvalue weighted by atomic mass is 10.2. The lowest BCUT2D eigenvalue weighted by Crippen LogP contribution is -2.48. The Morgan fingerprint density at radius 1 is 1.00 bits per heavy atom. The highest BCUT2D eigenvalue weighted by atomic mass is 35.5. The van der Waals surface area contributed by atoms with Gasteiger partial charge in [-0.15, -0.1) is 0 Å². The monoisotopic (exact) mass is 448 g/mol. The molecule has 8 nitrogen and oxygen atoms in total. The first-order valence-electron chi connectivity index (χ1n) is 8.89. The minimum atomic E-state index is -0.464. The molecule has 0 atom stereocenters. The molecule has 10 heteroatoms. The third kappa shape index (κ3) is 7.02. The number of hydrazine groups is 1. The van der Waals surface area contributed by atoms with Crippen LogP contribution in [0.2, 0.25) is 5.02 Å². The normalized spacial score (nSPS) is 9.97. The van der Waals surface area contributed by atoms with Crippen molar-refractivity contribution in [1.82, 2.24) is 16.2 Å². The fourth-order valence-corrected chi connectivity index (χ4v) is 2.64. The summed E-state index contributed by atoms with van der Waals surface area (Å²) in [6.45, 7) is 1.79. The van der Waals surface area contributed by atoms with Crippen molar-refractivity contribution in [2.45, 2.75) is 19.8 Å². The number of benzene rings is 2. The van der Waals surface area contributed by atoms with Gasteiger partial charge < -0.3 is 10.1 Å². The highest BCUT2D eigenvalue weighted by Gasteiger charge is 2.11. The largest absolute Gasteiger partial charge is 0.497 e. The van der Waals surface area contributed by atoms with Gasteiger partial charge in [0.15, 0.2) is 5.11 Å². The standard InChI is InChI=1S/C20H21ClN4O4S/c1-12-15(21)4-3-5-16(12)22-17(26)10-11-18(27)24-25-20(30)23-19(28)13-6-8-14(29-2)9-7-13/h3-9H,10-11H2,1-2H3,(H,22,26)(H,24,27)(H2,23,25,28,30). The van der Waals surface area contributed by atoms with Crippen LogP contribution in [0.1, 0.15) is 28.8 Å². The van der Waals surface area contributed by atoms with Crippen LogP contribution in [0, 0.1) is 6.92 Å². The molecule has 0 saturated carbocycles. The number of carbonyl (C=O) groups excluding carboxylic acids is 3. The van der Waals surface area contributed by atoms with E-state index < -0.39 is 11.8 Å². The summed E-state index contributed by atoms with van der Waals surface area (Å²) in [6.07, 6.45) is -0.113. The molecule has 0 radical (unpaired) electrons. The molecule has 158 valence electrons. The van der Waals surface area contributed by atoms with Crippen LogP contribution in [0.3, 0.4) is 0 Å². The van der Waals surface area contributed by atoms with Gasteiger partial charge >= 0.3 is 0 Å². The molecule has 30 heavy (non-hydrogen) atoms. The summed E-state index contributed by atoms with van der Waals surface area (Å²) in [6, 6.07) is 11.6. The fourth-order valence-electron chi connectivity index (χ4n) is 2.32. The van der Waals surface area contributed by atoms with Crippen LogP contribution in [0.5, 0.6) is 5.75 Å². The van der Waals surface area contributed by atoms with Crippen LogP contribution in [-0.4, -0.2) is 29.9 Å². The zero-order chi connectivity index (χ0) is 22.1. The molecule has 2 aromatic carbocycles. The van der Waals surface area contributed by atoms with Gasteiger partial charge in [0, 0.05) is 29.1 Å². The number of nitrogens with one attached hydrogen (secondary N) is 4. The van der Waals surface area contributed by atoms with Crippen molar-refractivity contribution >= 4 is 52.3 Å². The van der Waals surface area contributed by atoms with E-state index in [0.717, 1.165) is 5.56 Å². The van der Waals surface area contributed by atoms with Gasteiger partial charge in [-0.3, -0.25) is 30.6 Å². The van der Waals surface area contributed by atoms with Crippen LogP contribution in [0.15, 0.2) is 42.5 Å². The van der Waals surface area contributed by atoms with Crippen LogP contribution in [-0.2, 0) is 9.59 Å². The maximum atomic E-state index is 12.1. The van der Waals surface area contributed by atoms with E-state index in [4.69, 9.17) is 28.6 Å². The molecule has 0 aliphatic carbocycles. The maximum absolute atomic E-state index is 12.1. The van der Waals surface area contributed by atoms with E-state index in [9.17, 15) is 14.4 Å². The van der Waals surface area contributed by atoms with Crippen molar-refractivity contribution in [3.63, 3.8) is 0 Å². The van der Waals surface area contributed by atoms with E-state index in [1.807, 2.05) is 0 Å². The fraction of sp³-hybridized carbons (Fsp3) is 0.200. The van der Waals surface area contributed by atoms with E-state index in [1.54, 1.807) is 49.4 Å². The Labute approximate surface area is 184 Å². The van der Waals surface area contributed by atoms with Gasteiger partial charge in [-0.2, -0.15) is 0 Å². The van der Waals surface area contributed by atoms with Gasteiger partial charge in [0.2, 0.25) is 11.8 Å². The topological polar surface area (TPSA) is 109 Å². The number of halogens is 1. The van der Waals surface area contributed by atoms with E-state index in [-0.39, 0.29) is 23.9 Å². The number of hydrogen-bond acceptors (Lipinski definition) is 5. The summed E-state index contributed by atoms with van der Waals surface area (Å²) in [5, 5.41) is 5.60. The zero-order valence-electron chi connectivity index (χ0n) is 16.4. The minimum absolute atomic E-state index is 0.0373. The Balaban J connectivity index is 1.71. The first kappa shape index (κ1) is 23.1. The molecule has 0 aliphatic rings. The summed E-state index contributed by atoms with van der Waals surface area (Å²) in [4.78, 5) is 36.0. The van der Waals surface area contributed by atoms with Crippen LogP contribution >= 0.6 is 23.8 Å². The molecule has 0 aliphatic heterocycles. The molecule has 0 fully saturated rings. The van der Waals surface area contributed by atoms with Gasteiger partial charge in [-0.25, -0.2) is 0 Å². The molecule has 0 unspecified atom stereocenters. The first-order valence-corrected chi connectivity index (χ1v) is 9.68. The molecule has 0 aromatic heterocycles. The van der Waals surface area contributed by atoms with Crippen LogP contribution < -0.4 is 26.2 Å². The number of amides is 3. The van der Waals surface area contributed by atoms with Gasteiger partial charge in [0.05, 0.1) is 7.11 Å². The third-order valence-electron chi connectivity index (χ3n) is 4.02. The van der Waals surface area contributed by atoms with Crippen molar-refractivity contribution in [1.29, 1.82) is 0 Å². The Morgan fingerprint density at radius 2 is 1.67 bits per heavy atom. The van der Waals surface area contributed by atoms with E-state index >= 15 is 0 Å². The Bertz CT molecular complexity index is 950. The number of methoxy groups -OCH3 is 1. The van der Waals surface area contributed by atoms with Gasteiger partial charge in [0.25, 0.3) is 5.91 Å². The molecule has 2 rings (SSSR count). The SMILES string of the molecule is COc1ccc(C(=O)NC(=S)NNC(=O)CCC(=O)Nc2cccc(Cl)c2C)cc1. The third-order valence-corrected chi connectivity index (χ3v) is 4.63. The van der Waals surface area contributed by atoms with Crippen molar-refractivity contribution in [2.24, 2.45) is 0 Å². The molecule has 0 bridgehead atoms. The number of carbonyl (C=O) groups is 3. The van der Waals surface area contributed by atoms with Gasteiger partial charge in [-0.1, -0.05) is 17.7 Å². The Morgan fingerprint density at radius 3 is 2.33 bits per heavy atom. The van der Waals surface area contributed by atoms with E-state index in [0.29, 0.717) is 22.0 Å². The molecule has 4 N–H and O–H groups in total. The number of hydrogen-bond donors (Lipinski definition) is 4. The lowest BCUT2D eigenvalue weighted by molar-refractivity contribution is -0.124. The van der Waals surface area contributed by atoms with Crippen molar-refractivity contribution in [3.05, 3.63) is 58.6 Å². The van der Waals surface area contributed by atoms with Crippen molar-refractivity contribution in [2.75, 3.05) is 12.4 Å². The summed E-state index contributed by atoms with van der Waals surface area (Å²) in [5.74, 6) is -0.616. The molecular formula is C20H21ClN4O4S. The van der Waals surface area contributed by atoms with Crippen molar-refractivity contribution in [3.8, 4) is 5.75 Å². The number of rotatable bonds is 6. The van der Waals surface area contributed by atoms with Crippen LogP contribution in [0.25, 0.3) is 0 Å². The van der Waals surface area contributed by atoms with Gasteiger partial charge in [-0.05, 0) is 61.1 Å². The Kier molecular flexibility index (Phi) is 8.57. The second-order valence-electron chi connectivity index (χ2n) is 6.15. The smallest absolute Gasteiger partial charge is 0.257 e. The highest BCUT2D eigenvalue weighted by Crippen LogP contribution is 2.23. The number of anilines is 1. The summed E-state index contributed by atoms with van der Waals surface area (Å²) >= 11 is 11.0. The predicted molar refractivity (Wildman–Crippen MR) is 118 cm³/mol. The molecule has 3 amide bonds. The molecule has 0 heterocycles. The van der Waals surface area contributed by atoms with Crippen molar-refractivity contribution < 1.29 is 19.1 Å². The summed E-state index contributed by atoms with van der Waals surface area (Å²) < 4.78 is 5.03. The van der Waals surface area contributed by atoms with E-state index in [1.165, 1.54) is 7.11 Å². The number of ether oxygens (including phenoxy) is 1. The summed E-state index contributed by atoms with van der Waals surface area (Å²) in [5.41, 5.74) is 6.47. The molecule has 0 spiro atoms. The quantitative estimate of drug-likeness (QED) is 0.399. The zero-order valence-corrected chi connectivity index (χ0v) is 17.9. The predicted octanol–water partition coefficient (Wildman–Crippen LogP) is 2.71. The number of thiocarbonyl (C=S) groups is 1. The minimum Gasteiger partial charge on any atom is -0.497 e. The molecular weight excluding hydrogens is 428 g/mol. The second-order valence-corrected chi connectivity index (χ2v) is 6.96. The highest BCUT2D eigenvalue weighted by molar-refractivity contribution is 7.80.